The molecule has 0 aliphatic rings. The van der Waals surface area contributed by atoms with E-state index in [1.54, 1.807) is 19.2 Å². The molecule has 0 atom stereocenters. The van der Waals surface area contributed by atoms with Crippen molar-refractivity contribution in [3.8, 4) is 27.4 Å². The Morgan fingerprint density at radius 2 is 1.72 bits per heavy atom. The molecule has 0 aliphatic carbocycles. The summed E-state index contributed by atoms with van der Waals surface area (Å²) in [5.74, 6) is 0.601. The number of methoxy groups -OCH3 is 1. The minimum Gasteiger partial charge on any atom is -0.497 e. The van der Waals surface area contributed by atoms with Crippen LogP contribution in [0, 0.1) is 0 Å². The predicted molar refractivity (Wildman–Crippen MR) is 122 cm³/mol. The highest BCUT2D eigenvalue weighted by molar-refractivity contribution is 9.10. The molecule has 4 aromatic rings. The second-order valence-electron chi connectivity index (χ2n) is 6.26. The summed E-state index contributed by atoms with van der Waals surface area (Å²) in [5.41, 5.74) is 3.43. The molecule has 0 aliphatic heterocycles. The first-order valence-corrected chi connectivity index (χ1v) is 10.5. The van der Waals surface area contributed by atoms with Crippen molar-refractivity contribution in [2.24, 2.45) is 0 Å². The van der Waals surface area contributed by atoms with Crippen LogP contribution in [0.4, 0.5) is 5.13 Å². The molecule has 3 aromatic carbocycles. The van der Waals surface area contributed by atoms with E-state index >= 15 is 0 Å². The molecule has 1 amide bonds. The van der Waals surface area contributed by atoms with Gasteiger partial charge in [0, 0.05) is 15.6 Å². The molecule has 6 heteroatoms. The van der Waals surface area contributed by atoms with Gasteiger partial charge in [0.1, 0.15) is 5.75 Å². The highest BCUT2D eigenvalue weighted by atomic mass is 79.9. The topological polar surface area (TPSA) is 51.2 Å². The van der Waals surface area contributed by atoms with Gasteiger partial charge in [-0.2, -0.15) is 0 Å². The van der Waals surface area contributed by atoms with E-state index in [0.29, 0.717) is 10.7 Å². The van der Waals surface area contributed by atoms with Crippen LogP contribution in [0.1, 0.15) is 10.4 Å². The lowest BCUT2D eigenvalue weighted by Crippen LogP contribution is -2.11. The fraction of sp³-hybridized carbons (Fsp3) is 0.0435. The monoisotopic (exact) mass is 464 g/mol. The van der Waals surface area contributed by atoms with Crippen molar-refractivity contribution in [3.05, 3.63) is 88.9 Å². The Morgan fingerprint density at radius 3 is 2.41 bits per heavy atom. The molecule has 1 aromatic heterocycles. The van der Waals surface area contributed by atoms with E-state index in [1.807, 2.05) is 66.7 Å². The standard InChI is InChI=1S/C23H17BrN2O2S/c1-28-19-12-10-16(11-13-19)21-20(15-6-3-2-4-7-15)25-23(29-21)26-22(27)17-8-5-9-18(24)14-17/h2-14H,1H3,(H,25,26,27). The van der Waals surface area contributed by atoms with Gasteiger partial charge in [0.2, 0.25) is 0 Å². The molecule has 0 saturated heterocycles. The second kappa shape index (κ2) is 8.59. The van der Waals surface area contributed by atoms with Crippen LogP contribution in [0.15, 0.2) is 83.3 Å². The van der Waals surface area contributed by atoms with Crippen LogP contribution in [0.25, 0.3) is 21.7 Å². The van der Waals surface area contributed by atoms with Crippen LogP contribution in [0.3, 0.4) is 0 Å². The van der Waals surface area contributed by atoms with Crippen molar-refractivity contribution in [1.82, 2.24) is 4.98 Å². The lowest BCUT2D eigenvalue weighted by atomic mass is 10.1. The zero-order valence-corrected chi connectivity index (χ0v) is 18.0. The average molecular weight is 465 g/mol. The van der Waals surface area contributed by atoms with Gasteiger partial charge in [0.05, 0.1) is 17.7 Å². The molecule has 0 radical (unpaired) electrons. The van der Waals surface area contributed by atoms with E-state index < -0.39 is 0 Å². The summed E-state index contributed by atoms with van der Waals surface area (Å²) in [6.07, 6.45) is 0. The van der Waals surface area contributed by atoms with Crippen molar-refractivity contribution in [2.45, 2.75) is 0 Å². The molecule has 4 nitrogen and oxygen atoms in total. The highest BCUT2D eigenvalue weighted by Gasteiger charge is 2.17. The number of aromatic nitrogens is 1. The number of nitrogens with zero attached hydrogens (tertiary/aromatic N) is 1. The molecule has 29 heavy (non-hydrogen) atoms. The number of carbonyl (C=O) groups excluding carboxylic acids is 1. The average Bonchev–Trinajstić information content (AvgIpc) is 3.18. The summed E-state index contributed by atoms with van der Waals surface area (Å²) in [6, 6.07) is 25.1. The molecule has 1 heterocycles. The lowest BCUT2D eigenvalue weighted by Gasteiger charge is -2.04. The SMILES string of the molecule is COc1ccc(-c2sc(NC(=O)c3cccc(Br)c3)nc2-c2ccccc2)cc1. The van der Waals surface area contributed by atoms with Crippen molar-refractivity contribution in [2.75, 3.05) is 12.4 Å². The number of anilines is 1. The molecule has 0 spiro atoms. The lowest BCUT2D eigenvalue weighted by molar-refractivity contribution is 0.102. The van der Waals surface area contributed by atoms with Crippen molar-refractivity contribution in [1.29, 1.82) is 0 Å². The zero-order chi connectivity index (χ0) is 20.2. The van der Waals surface area contributed by atoms with Crippen molar-refractivity contribution in [3.63, 3.8) is 0 Å². The normalized spacial score (nSPS) is 10.6. The molecule has 4 rings (SSSR count). The maximum atomic E-state index is 12.7. The second-order valence-corrected chi connectivity index (χ2v) is 8.17. The Hall–Kier alpha value is -2.96. The minimum absolute atomic E-state index is 0.194. The van der Waals surface area contributed by atoms with Crippen LogP contribution in [0.2, 0.25) is 0 Å². The number of rotatable bonds is 5. The van der Waals surface area contributed by atoms with Crippen molar-refractivity contribution >= 4 is 38.3 Å². The molecule has 1 N–H and O–H groups in total. The summed E-state index contributed by atoms with van der Waals surface area (Å²) < 4.78 is 6.12. The number of nitrogens with one attached hydrogen (secondary N) is 1. The predicted octanol–water partition coefficient (Wildman–Crippen LogP) is 6.50. The van der Waals surface area contributed by atoms with Crippen LogP contribution in [-0.2, 0) is 0 Å². The summed E-state index contributed by atoms with van der Waals surface area (Å²) in [5, 5.41) is 3.49. The Bertz CT molecular complexity index is 1140. The largest absolute Gasteiger partial charge is 0.497 e. The number of thiazole rings is 1. The molecule has 0 fully saturated rings. The minimum atomic E-state index is -0.194. The maximum Gasteiger partial charge on any atom is 0.257 e. The smallest absolute Gasteiger partial charge is 0.257 e. The van der Waals surface area contributed by atoms with E-state index in [9.17, 15) is 4.79 Å². The van der Waals surface area contributed by atoms with Gasteiger partial charge in [-0.15, -0.1) is 0 Å². The molecule has 0 unspecified atom stereocenters. The Kier molecular flexibility index (Phi) is 5.74. The number of ether oxygens (including phenoxy) is 1. The fourth-order valence-corrected chi connectivity index (χ4v) is 4.29. The maximum absolute atomic E-state index is 12.7. The van der Waals surface area contributed by atoms with E-state index in [4.69, 9.17) is 9.72 Å². The highest BCUT2D eigenvalue weighted by Crippen LogP contribution is 2.39. The van der Waals surface area contributed by atoms with Gasteiger partial charge in [-0.3, -0.25) is 10.1 Å². The van der Waals surface area contributed by atoms with E-state index in [2.05, 4.69) is 21.2 Å². The van der Waals surface area contributed by atoms with Gasteiger partial charge in [0.15, 0.2) is 5.13 Å². The number of amides is 1. The van der Waals surface area contributed by atoms with Crippen molar-refractivity contribution < 1.29 is 9.53 Å². The Labute approximate surface area is 181 Å². The van der Waals surface area contributed by atoms with Crippen LogP contribution < -0.4 is 10.1 Å². The Balaban J connectivity index is 1.72. The van der Waals surface area contributed by atoms with E-state index in [1.165, 1.54) is 11.3 Å². The third-order valence-electron chi connectivity index (χ3n) is 4.33. The van der Waals surface area contributed by atoms with Crippen LogP contribution in [0.5, 0.6) is 5.75 Å². The van der Waals surface area contributed by atoms with E-state index in [0.717, 1.165) is 31.9 Å². The first-order chi connectivity index (χ1) is 14.1. The fourth-order valence-electron chi connectivity index (χ4n) is 2.90. The summed E-state index contributed by atoms with van der Waals surface area (Å²) in [6.45, 7) is 0. The molecule has 144 valence electrons. The van der Waals surface area contributed by atoms with Gasteiger partial charge >= 0.3 is 0 Å². The van der Waals surface area contributed by atoms with Gasteiger partial charge in [-0.25, -0.2) is 4.98 Å². The quantitative estimate of drug-likeness (QED) is 0.366. The van der Waals surface area contributed by atoms with Gasteiger partial charge in [0.25, 0.3) is 5.91 Å². The van der Waals surface area contributed by atoms with Gasteiger partial charge < -0.3 is 4.74 Å². The number of hydrogen-bond donors (Lipinski definition) is 1. The third kappa shape index (κ3) is 4.39. The zero-order valence-electron chi connectivity index (χ0n) is 15.6. The number of benzene rings is 3. The van der Waals surface area contributed by atoms with Gasteiger partial charge in [-0.1, -0.05) is 63.7 Å². The molecular weight excluding hydrogens is 448 g/mol. The third-order valence-corrected chi connectivity index (χ3v) is 5.85. The van der Waals surface area contributed by atoms with Gasteiger partial charge in [-0.05, 0) is 48.0 Å². The number of halogens is 1. The summed E-state index contributed by atoms with van der Waals surface area (Å²) >= 11 is 4.85. The number of carbonyl (C=O) groups is 1. The van der Waals surface area contributed by atoms with Crippen LogP contribution in [-0.4, -0.2) is 18.0 Å². The summed E-state index contributed by atoms with van der Waals surface area (Å²) in [4.78, 5) is 18.4. The molecular formula is C23H17BrN2O2S. The van der Waals surface area contributed by atoms with E-state index in [-0.39, 0.29) is 5.91 Å². The first kappa shape index (κ1) is 19.4. The molecule has 0 saturated carbocycles. The number of hydrogen-bond acceptors (Lipinski definition) is 4. The van der Waals surface area contributed by atoms with Crippen LogP contribution >= 0.6 is 27.3 Å². The summed E-state index contributed by atoms with van der Waals surface area (Å²) in [7, 11) is 1.65. The first-order valence-electron chi connectivity index (χ1n) is 8.91. The Morgan fingerprint density at radius 1 is 0.966 bits per heavy atom. The molecule has 0 bridgehead atoms.